The standard InChI is InChI=1S/C16H23NO2/c1-12-11-15(14-7-5-4-6-8-14)13(2)17(12)16(18)9-10-19-3/h4-8,12-13,15H,9-11H2,1-3H3/t12-,13+,15+/m1/s1. The van der Waals surface area contributed by atoms with E-state index in [4.69, 9.17) is 4.74 Å². The van der Waals surface area contributed by atoms with Crippen LogP contribution in [-0.4, -0.2) is 36.6 Å². The molecule has 3 nitrogen and oxygen atoms in total. The maximum atomic E-state index is 12.2. The number of nitrogens with zero attached hydrogens (tertiary/aromatic N) is 1. The summed E-state index contributed by atoms with van der Waals surface area (Å²) in [5, 5.41) is 0. The molecule has 0 bridgehead atoms. The SMILES string of the molecule is COCCC(=O)N1[C@H](C)C[C@H](c2ccccc2)[C@@H]1C. The normalized spacial score (nSPS) is 26.7. The van der Waals surface area contributed by atoms with Crippen molar-refractivity contribution < 1.29 is 9.53 Å². The molecule has 1 aliphatic heterocycles. The lowest BCUT2D eigenvalue weighted by atomic mass is 9.92. The Hall–Kier alpha value is -1.35. The summed E-state index contributed by atoms with van der Waals surface area (Å²) >= 11 is 0. The molecule has 1 aliphatic rings. The molecule has 0 radical (unpaired) electrons. The van der Waals surface area contributed by atoms with Gasteiger partial charge in [-0.25, -0.2) is 0 Å². The Kier molecular flexibility index (Phi) is 4.59. The maximum absolute atomic E-state index is 12.2. The van der Waals surface area contributed by atoms with E-state index in [9.17, 15) is 4.79 Å². The van der Waals surface area contributed by atoms with E-state index in [-0.39, 0.29) is 11.9 Å². The summed E-state index contributed by atoms with van der Waals surface area (Å²) in [6.45, 7) is 4.81. The van der Waals surface area contributed by atoms with Crippen LogP contribution in [0.15, 0.2) is 30.3 Å². The van der Waals surface area contributed by atoms with E-state index in [1.807, 2.05) is 11.0 Å². The zero-order valence-electron chi connectivity index (χ0n) is 12.0. The van der Waals surface area contributed by atoms with Gasteiger partial charge in [-0.1, -0.05) is 30.3 Å². The molecule has 1 amide bonds. The van der Waals surface area contributed by atoms with Crippen LogP contribution in [0.1, 0.15) is 38.2 Å². The second-order valence-corrected chi connectivity index (χ2v) is 5.39. The monoisotopic (exact) mass is 261 g/mol. The van der Waals surface area contributed by atoms with Crippen molar-refractivity contribution in [2.75, 3.05) is 13.7 Å². The van der Waals surface area contributed by atoms with Crippen molar-refractivity contribution in [2.24, 2.45) is 0 Å². The van der Waals surface area contributed by atoms with Gasteiger partial charge in [-0.05, 0) is 25.8 Å². The first-order chi connectivity index (χ1) is 9.15. The van der Waals surface area contributed by atoms with Gasteiger partial charge in [0.25, 0.3) is 0 Å². The van der Waals surface area contributed by atoms with E-state index in [1.165, 1.54) is 5.56 Å². The van der Waals surface area contributed by atoms with Crippen molar-refractivity contribution >= 4 is 5.91 Å². The molecule has 0 saturated carbocycles. The zero-order valence-corrected chi connectivity index (χ0v) is 12.0. The topological polar surface area (TPSA) is 29.5 Å². The second kappa shape index (κ2) is 6.20. The lowest BCUT2D eigenvalue weighted by molar-refractivity contribution is -0.134. The van der Waals surface area contributed by atoms with Crippen molar-refractivity contribution in [3.63, 3.8) is 0 Å². The Morgan fingerprint density at radius 3 is 2.63 bits per heavy atom. The Balaban J connectivity index is 2.10. The summed E-state index contributed by atoms with van der Waals surface area (Å²) in [6.07, 6.45) is 1.52. The van der Waals surface area contributed by atoms with Gasteiger partial charge >= 0.3 is 0 Å². The summed E-state index contributed by atoms with van der Waals surface area (Å²) in [4.78, 5) is 14.3. The third kappa shape index (κ3) is 2.98. The molecule has 0 aromatic heterocycles. The number of benzene rings is 1. The molecule has 1 aromatic rings. The molecule has 3 atom stereocenters. The molecule has 0 unspecified atom stereocenters. The number of ether oxygens (including phenoxy) is 1. The van der Waals surface area contributed by atoms with Gasteiger partial charge in [-0.3, -0.25) is 4.79 Å². The van der Waals surface area contributed by atoms with Crippen LogP contribution in [0.25, 0.3) is 0 Å². The number of rotatable bonds is 4. The van der Waals surface area contributed by atoms with Crippen LogP contribution in [0.5, 0.6) is 0 Å². The highest BCUT2D eigenvalue weighted by molar-refractivity contribution is 5.77. The molecule has 1 aromatic carbocycles. The number of hydrogen-bond donors (Lipinski definition) is 0. The molecule has 3 heteroatoms. The van der Waals surface area contributed by atoms with Crippen LogP contribution in [0, 0.1) is 0 Å². The van der Waals surface area contributed by atoms with Gasteiger partial charge in [-0.2, -0.15) is 0 Å². The van der Waals surface area contributed by atoms with E-state index < -0.39 is 0 Å². The molecule has 0 N–H and O–H groups in total. The van der Waals surface area contributed by atoms with Crippen molar-refractivity contribution in [3.8, 4) is 0 Å². The molecule has 1 heterocycles. The number of amides is 1. The summed E-state index contributed by atoms with van der Waals surface area (Å²) in [5.74, 6) is 0.656. The van der Waals surface area contributed by atoms with E-state index in [0.717, 1.165) is 6.42 Å². The fraction of sp³-hybridized carbons (Fsp3) is 0.562. The maximum Gasteiger partial charge on any atom is 0.225 e. The summed E-state index contributed by atoms with van der Waals surface area (Å²) in [5.41, 5.74) is 1.34. The average molecular weight is 261 g/mol. The largest absolute Gasteiger partial charge is 0.384 e. The predicted octanol–water partition coefficient (Wildman–Crippen LogP) is 2.82. The fourth-order valence-electron chi connectivity index (χ4n) is 3.18. The molecule has 19 heavy (non-hydrogen) atoms. The Labute approximate surface area is 115 Å². The van der Waals surface area contributed by atoms with Crippen molar-refractivity contribution in [3.05, 3.63) is 35.9 Å². The van der Waals surface area contributed by atoms with Crippen molar-refractivity contribution in [2.45, 2.75) is 44.7 Å². The summed E-state index contributed by atoms with van der Waals surface area (Å²) in [6, 6.07) is 11.1. The Bertz CT molecular complexity index is 418. The lowest BCUT2D eigenvalue weighted by Crippen LogP contribution is -2.39. The van der Waals surface area contributed by atoms with Crippen LogP contribution in [0.2, 0.25) is 0 Å². The smallest absolute Gasteiger partial charge is 0.225 e. The van der Waals surface area contributed by atoms with Gasteiger partial charge in [0.05, 0.1) is 13.0 Å². The predicted molar refractivity (Wildman–Crippen MR) is 76.1 cm³/mol. The first-order valence-electron chi connectivity index (χ1n) is 7.00. The van der Waals surface area contributed by atoms with Gasteiger partial charge < -0.3 is 9.64 Å². The third-order valence-corrected chi connectivity index (χ3v) is 4.13. The first-order valence-corrected chi connectivity index (χ1v) is 7.00. The first kappa shape index (κ1) is 14.1. The number of methoxy groups -OCH3 is 1. The van der Waals surface area contributed by atoms with E-state index >= 15 is 0 Å². The number of likely N-dealkylation sites (tertiary alicyclic amines) is 1. The molecule has 1 saturated heterocycles. The van der Waals surface area contributed by atoms with Gasteiger partial charge in [0.1, 0.15) is 0 Å². The van der Waals surface area contributed by atoms with Crippen LogP contribution in [0.3, 0.4) is 0 Å². The van der Waals surface area contributed by atoms with Gasteiger partial charge in [0, 0.05) is 25.1 Å². The highest BCUT2D eigenvalue weighted by Crippen LogP contribution is 2.37. The summed E-state index contributed by atoms with van der Waals surface area (Å²) < 4.78 is 5.01. The zero-order chi connectivity index (χ0) is 13.8. The molecular weight excluding hydrogens is 238 g/mol. The van der Waals surface area contributed by atoms with E-state index in [2.05, 4.69) is 38.1 Å². The fourth-order valence-corrected chi connectivity index (χ4v) is 3.18. The number of carbonyl (C=O) groups is 1. The Morgan fingerprint density at radius 1 is 1.32 bits per heavy atom. The van der Waals surface area contributed by atoms with Gasteiger partial charge in [-0.15, -0.1) is 0 Å². The molecule has 2 rings (SSSR count). The second-order valence-electron chi connectivity index (χ2n) is 5.39. The molecular formula is C16H23NO2. The highest BCUT2D eigenvalue weighted by atomic mass is 16.5. The van der Waals surface area contributed by atoms with Gasteiger partial charge in [0.2, 0.25) is 5.91 Å². The minimum Gasteiger partial charge on any atom is -0.384 e. The minimum absolute atomic E-state index is 0.209. The lowest BCUT2D eigenvalue weighted by Gasteiger charge is -2.28. The van der Waals surface area contributed by atoms with Crippen LogP contribution < -0.4 is 0 Å². The van der Waals surface area contributed by atoms with E-state index in [0.29, 0.717) is 25.0 Å². The Morgan fingerprint density at radius 2 is 2.00 bits per heavy atom. The summed E-state index contributed by atoms with van der Waals surface area (Å²) in [7, 11) is 1.64. The van der Waals surface area contributed by atoms with Crippen LogP contribution >= 0.6 is 0 Å². The van der Waals surface area contributed by atoms with Crippen LogP contribution in [0.4, 0.5) is 0 Å². The highest BCUT2D eigenvalue weighted by Gasteiger charge is 2.39. The average Bonchev–Trinajstić information content (AvgIpc) is 2.72. The molecule has 104 valence electrons. The van der Waals surface area contributed by atoms with Gasteiger partial charge in [0.15, 0.2) is 0 Å². The number of hydrogen-bond acceptors (Lipinski definition) is 2. The van der Waals surface area contributed by atoms with Crippen LogP contribution in [-0.2, 0) is 9.53 Å². The molecule has 0 spiro atoms. The quantitative estimate of drug-likeness (QED) is 0.834. The van der Waals surface area contributed by atoms with E-state index in [1.54, 1.807) is 7.11 Å². The molecule has 0 aliphatic carbocycles. The third-order valence-electron chi connectivity index (χ3n) is 4.13. The number of carbonyl (C=O) groups excluding carboxylic acids is 1. The molecule has 1 fully saturated rings. The minimum atomic E-state index is 0.209. The van der Waals surface area contributed by atoms with Crippen molar-refractivity contribution in [1.82, 2.24) is 4.90 Å². The van der Waals surface area contributed by atoms with Crippen molar-refractivity contribution in [1.29, 1.82) is 0 Å².